The maximum absolute atomic E-state index is 5.52. The summed E-state index contributed by atoms with van der Waals surface area (Å²) in [5, 5.41) is 0. The van der Waals surface area contributed by atoms with Gasteiger partial charge in [0.2, 0.25) is 0 Å². The van der Waals surface area contributed by atoms with Gasteiger partial charge >= 0.3 is 8.60 Å². The molecule has 1 saturated heterocycles. The first-order valence-electron chi connectivity index (χ1n) is 7.21. The molecule has 0 unspecified atom stereocenters. The number of unbranched alkanes of at least 4 members (excludes halogenated alkanes) is 9. The van der Waals surface area contributed by atoms with Crippen LogP contribution in [0.15, 0.2) is 0 Å². The quantitative estimate of drug-likeness (QED) is 0.163. The van der Waals surface area contributed by atoms with E-state index in [4.69, 9.17) is 12.5 Å². The van der Waals surface area contributed by atoms with Crippen LogP contribution >= 0.6 is 40.6 Å². The molecule has 19 heavy (non-hydrogen) atoms. The third kappa shape index (κ3) is 11.7. The van der Waals surface area contributed by atoms with Gasteiger partial charge in [-0.2, -0.15) is 0 Å². The molecule has 0 saturated carbocycles. The van der Waals surface area contributed by atoms with Crippen LogP contribution in [-0.4, -0.2) is 6.61 Å². The minimum absolute atomic E-state index is 0.758. The minimum Gasteiger partial charge on any atom is -0.311 e. The number of hydrogen-bond acceptors (Lipinski definition) is 6. The summed E-state index contributed by atoms with van der Waals surface area (Å²) in [4.78, 5) is 0. The summed E-state index contributed by atoms with van der Waals surface area (Å²) >= 11 is 2.69. The summed E-state index contributed by atoms with van der Waals surface area (Å²) in [5.41, 5.74) is 0. The molecule has 0 spiro atoms. The Labute approximate surface area is 130 Å². The molecule has 1 aliphatic rings. The van der Waals surface area contributed by atoms with Crippen molar-refractivity contribution in [2.75, 3.05) is 6.61 Å². The Balaban J connectivity index is 1.71. The molecule has 1 rings (SSSR count). The highest BCUT2D eigenvalue weighted by Gasteiger charge is 2.19. The molecule has 7 heteroatoms. The lowest BCUT2D eigenvalue weighted by Crippen LogP contribution is -1.92. The summed E-state index contributed by atoms with van der Waals surface area (Å²) in [6.07, 6.45) is 13.5. The Morgan fingerprint density at radius 1 is 0.789 bits per heavy atom. The zero-order valence-electron chi connectivity index (χ0n) is 11.7. The van der Waals surface area contributed by atoms with Crippen LogP contribution in [0.3, 0.4) is 0 Å². The SMILES string of the molecule is CCCCCCCCCCCCOP1OSSSO1. The summed E-state index contributed by atoms with van der Waals surface area (Å²) in [7, 11) is 0.380. The smallest absolute Gasteiger partial charge is 0.311 e. The third-order valence-electron chi connectivity index (χ3n) is 2.93. The van der Waals surface area contributed by atoms with Gasteiger partial charge in [0.1, 0.15) is 0 Å². The van der Waals surface area contributed by atoms with Crippen molar-refractivity contribution < 1.29 is 12.5 Å². The molecule has 0 aromatic carbocycles. The second-order valence-electron chi connectivity index (χ2n) is 4.59. The van der Waals surface area contributed by atoms with E-state index in [0.717, 1.165) is 13.0 Å². The van der Waals surface area contributed by atoms with Gasteiger partial charge in [0.05, 0.1) is 28.8 Å². The van der Waals surface area contributed by atoms with Crippen molar-refractivity contribution in [3.05, 3.63) is 0 Å². The Morgan fingerprint density at radius 2 is 1.32 bits per heavy atom. The Morgan fingerprint density at radius 3 is 1.89 bits per heavy atom. The van der Waals surface area contributed by atoms with Crippen molar-refractivity contribution in [3.63, 3.8) is 0 Å². The van der Waals surface area contributed by atoms with E-state index in [2.05, 4.69) is 6.92 Å². The van der Waals surface area contributed by atoms with Gasteiger partial charge in [-0.05, 0) is 6.42 Å². The predicted octanol–water partition coefficient (Wildman–Crippen LogP) is 7.06. The monoisotopic (exact) mass is 344 g/mol. The van der Waals surface area contributed by atoms with Crippen molar-refractivity contribution in [3.8, 4) is 0 Å². The molecule has 0 aliphatic carbocycles. The fourth-order valence-electron chi connectivity index (χ4n) is 1.87. The lowest BCUT2D eigenvalue weighted by molar-refractivity contribution is 0.275. The zero-order chi connectivity index (χ0) is 13.6. The molecular formula is C12H25O3PS3. The number of rotatable bonds is 12. The Bertz CT molecular complexity index is 195. The highest BCUT2D eigenvalue weighted by Crippen LogP contribution is 2.60. The van der Waals surface area contributed by atoms with Gasteiger partial charge in [0.15, 0.2) is 0 Å². The molecule has 114 valence electrons. The lowest BCUT2D eigenvalue weighted by Gasteiger charge is -2.16. The van der Waals surface area contributed by atoms with E-state index in [1.807, 2.05) is 0 Å². The van der Waals surface area contributed by atoms with E-state index >= 15 is 0 Å². The van der Waals surface area contributed by atoms with Crippen LogP contribution in [0.1, 0.15) is 71.1 Å². The summed E-state index contributed by atoms with van der Waals surface area (Å²) in [6, 6.07) is 0. The lowest BCUT2D eigenvalue weighted by atomic mass is 10.1. The standard InChI is InChI=1S/C12H25O3PS3/c1-2-3-4-5-6-7-8-9-10-11-12-13-16-14-17-19-18-15-16/h2-12H2,1H3. The second kappa shape index (κ2) is 14.3. The predicted molar refractivity (Wildman–Crippen MR) is 89.7 cm³/mol. The van der Waals surface area contributed by atoms with Gasteiger partial charge in [-0.25, -0.2) is 7.94 Å². The second-order valence-corrected chi connectivity index (χ2v) is 9.35. The summed E-state index contributed by atoms with van der Waals surface area (Å²) in [5.74, 6) is 0. The first-order chi connectivity index (χ1) is 9.43. The van der Waals surface area contributed by atoms with Gasteiger partial charge in [0, 0.05) is 9.83 Å². The van der Waals surface area contributed by atoms with Crippen LogP contribution in [0, 0.1) is 0 Å². The van der Waals surface area contributed by atoms with E-state index in [1.165, 1.54) is 89.8 Å². The average Bonchev–Trinajstić information content (AvgIpc) is 2.46. The van der Waals surface area contributed by atoms with E-state index in [1.54, 1.807) is 0 Å². The Kier molecular flexibility index (Phi) is 13.9. The molecule has 1 fully saturated rings. The zero-order valence-corrected chi connectivity index (χ0v) is 15.0. The van der Waals surface area contributed by atoms with Gasteiger partial charge in [-0.1, -0.05) is 64.7 Å². The first kappa shape index (κ1) is 18.4. The molecule has 1 heterocycles. The highest BCUT2D eigenvalue weighted by molar-refractivity contribution is 9.08. The third-order valence-corrected chi connectivity index (χ3v) is 7.33. The van der Waals surface area contributed by atoms with Gasteiger partial charge in [-0.15, -0.1) is 0 Å². The molecule has 0 atom stereocenters. The highest BCUT2D eigenvalue weighted by atomic mass is 33.5. The molecular weight excluding hydrogens is 319 g/mol. The largest absolute Gasteiger partial charge is 0.358 e. The molecule has 0 aromatic rings. The van der Waals surface area contributed by atoms with Gasteiger partial charge in [0.25, 0.3) is 0 Å². The van der Waals surface area contributed by atoms with Crippen LogP contribution in [0.5, 0.6) is 0 Å². The average molecular weight is 345 g/mol. The van der Waals surface area contributed by atoms with E-state index in [-0.39, 0.29) is 0 Å². The summed E-state index contributed by atoms with van der Waals surface area (Å²) < 4.78 is 16.0. The molecule has 3 nitrogen and oxygen atoms in total. The fourth-order valence-corrected chi connectivity index (χ4v) is 6.39. The number of hydrogen-bond donors (Lipinski definition) is 0. The molecule has 1 aliphatic heterocycles. The summed E-state index contributed by atoms with van der Waals surface area (Å²) in [6.45, 7) is 3.02. The molecule has 0 amide bonds. The van der Waals surface area contributed by atoms with Gasteiger partial charge in [-0.3, -0.25) is 0 Å². The van der Waals surface area contributed by atoms with Gasteiger partial charge < -0.3 is 4.52 Å². The van der Waals surface area contributed by atoms with Crippen LogP contribution in [-0.2, 0) is 12.5 Å². The molecule has 0 N–H and O–H groups in total. The maximum atomic E-state index is 5.52. The van der Waals surface area contributed by atoms with Crippen LogP contribution in [0.2, 0.25) is 0 Å². The molecule has 0 bridgehead atoms. The van der Waals surface area contributed by atoms with Crippen LogP contribution in [0.4, 0.5) is 0 Å². The van der Waals surface area contributed by atoms with Crippen molar-refractivity contribution >= 4 is 40.6 Å². The van der Waals surface area contributed by atoms with Crippen molar-refractivity contribution in [1.82, 2.24) is 0 Å². The maximum Gasteiger partial charge on any atom is 0.358 e. The van der Waals surface area contributed by atoms with Crippen molar-refractivity contribution in [1.29, 1.82) is 0 Å². The molecule has 0 aromatic heterocycles. The first-order valence-corrected chi connectivity index (χ1v) is 11.6. The Hall–Kier alpha value is 1.36. The van der Waals surface area contributed by atoms with Crippen LogP contribution in [0.25, 0.3) is 0 Å². The van der Waals surface area contributed by atoms with Crippen LogP contribution < -0.4 is 0 Å². The normalized spacial score (nSPS) is 16.9. The van der Waals surface area contributed by atoms with E-state index in [9.17, 15) is 0 Å². The molecule has 0 radical (unpaired) electrons. The van der Waals surface area contributed by atoms with E-state index < -0.39 is 8.60 Å². The van der Waals surface area contributed by atoms with Crippen molar-refractivity contribution in [2.24, 2.45) is 0 Å². The topological polar surface area (TPSA) is 27.7 Å². The fraction of sp³-hybridized carbons (Fsp3) is 1.00. The van der Waals surface area contributed by atoms with E-state index in [0.29, 0.717) is 0 Å². The van der Waals surface area contributed by atoms with Crippen molar-refractivity contribution in [2.45, 2.75) is 71.1 Å². The minimum atomic E-state index is -1.10.